The number of likely N-dealkylation sites (tertiary alicyclic amines) is 1. The Kier molecular flexibility index (Phi) is 5.21. The van der Waals surface area contributed by atoms with E-state index in [4.69, 9.17) is 9.15 Å². The van der Waals surface area contributed by atoms with E-state index in [2.05, 4.69) is 10.4 Å². The predicted molar refractivity (Wildman–Crippen MR) is 102 cm³/mol. The van der Waals surface area contributed by atoms with Crippen LogP contribution in [0, 0.1) is 19.8 Å². The second kappa shape index (κ2) is 7.79. The lowest BCUT2D eigenvalue weighted by atomic mass is 10.0. The Balaban J connectivity index is 1.38. The fourth-order valence-electron chi connectivity index (χ4n) is 3.98. The van der Waals surface area contributed by atoms with Crippen molar-refractivity contribution in [1.29, 1.82) is 0 Å². The van der Waals surface area contributed by atoms with Crippen molar-refractivity contribution in [3.05, 3.63) is 35.4 Å². The minimum absolute atomic E-state index is 0.0180. The largest absolute Gasteiger partial charge is 0.456 e. The van der Waals surface area contributed by atoms with Crippen molar-refractivity contribution in [2.45, 2.75) is 39.2 Å². The van der Waals surface area contributed by atoms with Gasteiger partial charge in [-0.3, -0.25) is 9.59 Å². The SMILES string of the molecule is Cc1cc(C)c(C(=O)N2CCC(n3nccc3NC(=O)[C@@H]3CCOC3)CC2)o1. The normalized spacial score (nSPS) is 20.5. The van der Waals surface area contributed by atoms with Gasteiger partial charge in [0.05, 0.1) is 24.8 Å². The fourth-order valence-corrected chi connectivity index (χ4v) is 3.98. The van der Waals surface area contributed by atoms with Crippen LogP contribution >= 0.6 is 0 Å². The van der Waals surface area contributed by atoms with Crippen LogP contribution in [-0.2, 0) is 9.53 Å². The molecular formula is C20H26N4O4. The summed E-state index contributed by atoms with van der Waals surface area (Å²) < 4.78 is 12.7. The van der Waals surface area contributed by atoms with Crippen LogP contribution in [0.2, 0.25) is 0 Å². The molecule has 0 saturated carbocycles. The number of furan rings is 1. The molecule has 4 rings (SSSR count). The summed E-state index contributed by atoms with van der Waals surface area (Å²) in [6.07, 6.45) is 4.02. The molecule has 150 valence electrons. The summed E-state index contributed by atoms with van der Waals surface area (Å²) in [5.74, 6) is 1.72. The fraction of sp³-hybridized carbons (Fsp3) is 0.550. The van der Waals surface area contributed by atoms with Gasteiger partial charge in [0.2, 0.25) is 5.91 Å². The molecule has 4 heterocycles. The van der Waals surface area contributed by atoms with Gasteiger partial charge in [-0.1, -0.05) is 0 Å². The van der Waals surface area contributed by atoms with Crippen molar-refractivity contribution in [2.75, 3.05) is 31.6 Å². The number of carbonyl (C=O) groups excluding carboxylic acids is 2. The van der Waals surface area contributed by atoms with Gasteiger partial charge in [0, 0.05) is 31.3 Å². The number of amides is 2. The smallest absolute Gasteiger partial charge is 0.289 e. The first-order valence-corrected chi connectivity index (χ1v) is 9.81. The number of aromatic nitrogens is 2. The zero-order valence-electron chi connectivity index (χ0n) is 16.3. The lowest BCUT2D eigenvalue weighted by Crippen LogP contribution is -2.39. The molecule has 0 aliphatic carbocycles. The zero-order valence-corrected chi connectivity index (χ0v) is 16.3. The Labute approximate surface area is 163 Å². The van der Waals surface area contributed by atoms with E-state index in [1.165, 1.54) is 0 Å². The molecule has 1 atom stereocenters. The summed E-state index contributed by atoms with van der Waals surface area (Å²) in [5, 5.41) is 7.40. The third-order valence-corrected chi connectivity index (χ3v) is 5.55. The van der Waals surface area contributed by atoms with Crippen LogP contribution < -0.4 is 5.32 Å². The minimum atomic E-state index is -0.0946. The zero-order chi connectivity index (χ0) is 19.7. The molecule has 8 nitrogen and oxygen atoms in total. The minimum Gasteiger partial charge on any atom is -0.456 e. The molecule has 0 unspecified atom stereocenters. The predicted octanol–water partition coefficient (Wildman–Crippen LogP) is 2.55. The second-order valence-electron chi connectivity index (χ2n) is 7.60. The molecule has 2 aliphatic rings. The van der Waals surface area contributed by atoms with Gasteiger partial charge in [0.25, 0.3) is 5.91 Å². The molecule has 2 aromatic rings. The number of hydrogen-bond acceptors (Lipinski definition) is 5. The van der Waals surface area contributed by atoms with Crippen LogP contribution in [0.3, 0.4) is 0 Å². The van der Waals surface area contributed by atoms with E-state index in [1.807, 2.05) is 35.6 Å². The Hall–Kier alpha value is -2.61. The van der Waals surface area contributed by atoms with Crippen molar-refractivity contribution in [2.24, 2.45) is 5.92 Å². The number of hydrogen-bond donors (Lipinski definition) is 1. The number of ether oxygens (including phenoxy) is 1. The summed E-state index contributed by atoms with van der Waals surface area (Å²) in [7, 11) is 0. The van der Waals surface area contributed by atoms with Crippen LogP contribution in [0.5, 0.6) is 0 Å². The lowest BCUT2D eigenvalue weighted by Gasteiger charge is -2.32. The Morgan fingerprint density at radius 2 is 2.00 bits per heavy atom. The van der Waals surface area contributed by atoms with Gasteiger partial charge in [-0.2, -0.15) is 5.10 Å². The molecule has 2 saturated heterocycles. The van der Waals surface area contributed by atoms with Crippen LogP contribution in [0.4, 0.5) is 5.82 Å². The summed E-state index contributed by atoms with van der Waals surface area (Å²) in [5.41, 5.74) is 0.873. The van der Waals surface area contributed by atoms with Crippen molar-refractivity contribution >= 4 is 17.6 Å². The lowest BCUT2D eigenvalue weighted by molar-refractivity contribution is -0.119. The van der Waals surface area contributed by atoms with E-state index in [0.29, 0.717) is 37.9 Å². The van der Waals surface area contributed by atoms with E-state index in [0.717, 1.165) is 30.6 Å². The number of anilines is 1. The average molecular weight is 386 g/mol. The van der Waals surface area contributed by atoms with Crippen molar-refractivity contribution in [3.8, 4) is 0 Å². The maximum absolute atomic E-state index is 12.7. The van der Waals surface area contributed by atoms with E-state index >= 15 is 0 Å². The molecule has 0 aromatic carbocycles. The quantitative estimate of drug-likeness (QED) is 0.872. The first-order valence-electron chi connectivity index (χ1n) is 9.81. The van der Waals surface area contributed by atoms with Crippen LogP contribution in [0.25, 0.3) is 0 Å². The first kappa shape index (κ1) is 18.7. The highest BCUT2D eigenvalue weighted by Crippen LogP contribution is 2.27. The Morgan fingerprint density at radius 3 is 2.64 bits per heavy atom. The van der Waals surface area contributed by atoms with E-state index in [-0.39, 0.29) is 23.8 Å². The number of piperidine rings is 1. The molecule has 28 heavy (non-hydrogen) atoms. The summed E-state index contributed by atoms with van der Waals surface area (Å²) >= 11 is 0. The molecule has 2 amide bonds. The number of aryl methyl sites for hydroxylation is 2. The Bertz CT molecular complexity index is 857. The third-order valence-electron chi connectivity index (χ3n) is 5.55. The van der Waals surface area contributed by atoms with Gasteiger partial charge < -0.3 is 19.4 Å². The third kappa shape index (κ3) is 3.69. The monoisotopic (exact) mass is 386 g/mol. The topological polar surface area (TPSA) is 89.6 Å². The number of nitrogens with zero attached hydrogens (tertiary/aromatic N) is 3. The maximum Gasteiger partial charge on any atom is 0.289 e. The van der Waals surface area contributed by atoms with Crippen LogP contribution in [0.15, 0.2) is 22.7 Å². The Morgan fingerprint density at radius 1 is 1.21 bits per heavy atom. The van der Waals surface area contributed by atoms with Crippen LogP contribution in [0.1, 0.15) is 47.2 Å². The molecule has 0 bridgehead atoms. The van der Waals surface area contributed by atoms with E-state index in [9.17, 15) is 9.59 Å². The summed E-state index contributed by atoms with van der Waals surface area (Å²) in [6, 6.07) is 3.85. The van der Waals surface area contributed by atoms with Crippen molar-refractivity contribution in [3.63, 3.8) is 0 Å². The number of carbonyl (C=O) groups is 2. The molecule has 2 aliphatic heterocycles. The van der Waals surface area contributed by atoms with Crippen molar-refractivity contribution in [1.82, 2.24) is 14.7 Å². The van der Waals surface area contributed by atoms with Crippen molar-refractivity contribution < 1.29 is 18.7 Å². The van der Waals surface area contributed by atoms with E-state index in [1.54, 1.807) is 6.20 Å². The van der Waals surface area contributed by atoms with Gasteiger partial charge in [-0.25, -0.2) is 4.68 Å². The molecule has 1 N–H and O–H groups in total. The maximum atomic E-state index is 12.7. The summed E-state index contributed by atoms with van der Waals surface area (Å²) in [4.78, 5) is 26.9. The van der Waals surface area contributed by atoms with Gasteiger partial charge in [-0.15, -0.1) is 0 Å². The highest BCUT2D eigenvalue weighted by Gasteiger charge is 2.29. The summed E-state index contributed by atoms with van der Waals surface area (Å²) in [6.45, 7) is 6.12. The molecular weight excluding hydrogens is 360 g/mol. The highest BCUT2D eigenvalue weighted by molar-refractivity contribution is 5.93. The van der Waals surface area contributed by atoms with Gasteiger partial charge >= 0.3 is 0 Å². The average Bonchev–Trinajstić information content (AvgIpc) is 3.43. The van der Waals surface area contributed by atoms with Crippen LogP contribution in [-0.4, -0.2) is 52.8 Å². The molecule has 0 radical (unpaired) electrons. The second-order valence-corrected chi connectivity index (χ2v) is 7.60. The van der Waals surface area contributed by atoms with Gasteiger partial charge in [0.15, 0.2) is 5.76 Å². The van der Waals surface area contributed by atoms with Gasteiger partial charge in [0.1, 0.15) is 11.6 Å². The van der Waals surface area contributed by atoms with E-state index < -0.39 is 0 Å². The number of rotatable bonds is 4. The molecule has 0 spiro atoms. The van der Waals surface area contributed by atoms with Gasteiger partial charge in [-0.05, 0) is 39.2 Å². The first-order chi connectivity index (χ1) is 13.5. The molecule has 8 heteroatoms. The molecule has 2 fully saturated rings. The number of nitrogens with one attached hydrogen (secondary N) is 1. The highest BCUT2D eigenvalue weighted by atomic mass is 16.5. The molecule has 2 aromatic heterocycles. The standard InChI is InChI=1S/C20H26N4O4/c1-13-11-14(2)28-18(13)20(26)23-8-4-16(5-9-23)24-17(3-7-21-24)22-19(25)15-6-10-27-12-15/h3,7,11,15-16H,4-6,8-10,12H2,1-2H3,(H,22,25)/t15-/m1/s1.